The lowest BCUT2D eigenvalue weighted by Crippen LogP contribution is -2.33. The van der Waals surface area contributed by atoms with Crippen LogP contribution in [-0.4, -0.2) is 43.2 Å². The van der Waals surface area contributed by atoms with Gasteiger partial charge in [-0.25, -0.2) is 0 Å². The minimum atomic E-state index is -0.244. The molecule has 1 aliphatic heterocycles. The highest BCUT2D eigenvalue weighted by atomic mass is 16.2. The fraction of sp³-hybridized carbons (Fsp3) is 0.368. The average molecular weight is 350 g/mol. The summed E-state index contributed by atoms with van der Waals surface area (Å²) in [5.41, 5.74) is 3.09. The first-order chi connectivity index (χ1) is 12.6. The highest BCUT2D eigenvalue weighted by molar-refractivity contribution is 5.86. The third-order valence-corrected chi connectivity index (χ3v) is 4.76. The summed E-state index contributed by atoms with van der Waals surface area (Å²) in [5, 5.41) is 16.0. The standard InChI is InChI=1S/C19H22N6O/c1-3-17-21-22-18-9-8-16(23-25(17)18)20-15-10-11-24(19(15)26)12-14-6-4-13(2)5-7-14/h4-9,15H,3,10-12H2,1-2H3,(H,20,23). The van der Waals surface area contributed by atoms with E-state index in [0.29, 0.717) is 18.0 Å². The van der Waals surface area contributed by atoms with E-state index in [1.165, 1.54) is 5.56 Å². The summed E-state index contributed by atoms with van der Waals surface area (Å²) in [6, 6.07) is 11.8. The molecule has 0 spiro atoms. The molecule has 3 heterocycles. The Bertz CT molecular complexity index is 933. The van der Waals surface area contributed by atoms with Gasteiger partial charge in [0.2, 0.25) is 5.91 Å². The Balaban J connectivity index is 1.46. The molecule has 1 N–H and O–H groups in total. The normalized spacial score (nSPS) is 17.2. The summed E-state index contributed by atoms with van der Waals surface area (Å²) in [6.07, 6.45) is 1.53. The molecule has 1 amide bonds. The van der Waals surface area contributed by atoms with E-state index < -0.39 is 0 Å². The number of nitrogens with one attached hydrogen (secondary N) is 1. The minimum absolute atomic E-state index is 0.118. The third kappa shape index (κ3) is 3.12. The van der Waals surface area contributed by atoms with Gasteiger partial charge in [0, 0.05) is 19.5 Å². The topological polar surface area (TPSA) is 75.4 Å². The molecule has 0 bridgehead atoms. The Hall–Kier alpha value is -2.96. The SMILES string of the molecule is CCc1nnc2ccc(NC3CCN(Cc4ccc(C)cc4)C3=O)nn12. The Morgan fingerprint density at radius 3 is 2.73 bits per heavy atom. The zero-order valence-corrected chi connectivity index (χ0v) is 15.0. The number of nitrogens with zero attached hydrogens (tertiary/aromatic N) is 5. The molecule has 0 saturated carbocycles. The Kier molecular flexibility index (Phi) is 4.28. The van der Waals surface area contributed by atoms with Crippen molar-refractivity contribution in [2.75, 3.05) is 11.9 Å². The van der Waals surface area contributed by atoms with Crippen molar-refractivity contribution in [2.24, 2.45) is 0 Å². The van der Waals surface area contributed by atoms with Crippen LogP contribution in [0.1, 0.15) is 30.3 Å². The summed E-state index contributed by atoms with van der Waals surface area (Å²) in [5.74, 6) is 1.59. The average Bonchev–Trinajstić information content (AvgIpc) is 3.21. The quantitative estimate of drug-likeness (QED) is 0.763. The van der Waals surface area contributed by atoms with Crippen LogP contribution in [0.25, 0.3) is 5.65 Å². The van der Waals surface area contributed by atoms with E-state index in [9.17, 15) is 4.79 Å². The molecule has 1 atom stereocenters. The van der Waals surface area contributed by atoms with Gasteiger partial charge in [0.25, 0.3) is 0 Å². The molecule has 1 aromatic carbocycles. The first kappa shape index (κ1) is 16.5. The first-order valence-corrected chi connectivity index (χ1v) is 8.96. The zero-order valence-electron chi connectivity index (χ0n) is 15.0. The number of carbonyl (C=O) groups is 1. The van der Waals surface area contributed by atoms with Crippen LogP contribution in [0.3, 0.4) is 0 Å². The van der Waals surface area contributed by atoms with Gasteiger partial charge in [0.15, 0.2) is 11.5 Å². The van der Waals surface area contributed by atoms with Gasteiger partial charge in [-0.3, -0.25) is 4.79 Å². The number of aromatic nitrogens is 4. The van der Waals surface area contributed by atoms with E-state index in [2.05, 4.69) is 51.8 Å². The predicted octanol–water partition coefficient (Wildman–Crippen LogP) is 2.21. The van der Waals surface area contributed by atoms with Gasteiger partial charge >= 0.3 is 0 Å². The van der Waals surface area contributed by atoms with Crippen molar-refractivity contribution in [3.8, 4) is 0 Å². The fourth-order valence-electron chi connectivity index (χ4n) is 3.25. The number of hydrogen-bond donors (Lipinski definition) is 1. The van der Waals surface area contributed by atoms with Crippen LogP contribution in [0, 0.1) is 6.92 Å². The molecular weight excluding hydrogens is 328 g/mol. The molecule has 134 valence electrons. The van der Waals surface area contributed by atoms with Crippen LogP contribution < -0.4 is 5.32 Å². The summed E-state index contributed by atoms with van der Waals surface area (Å²) in [6.45, 7) is 5.48. The maximum absolute atomic E-state index is 12.7. The van der Waals surface area contributed by atoms with Crippen molar-refractivity contribution in [1.29, 1.82) is 0 Å². The van der Waals surface area contributed by atoms with Crippen LogP contribution in [0.5, 0.6) is 0 Å². The molecule has 7 nitrogen and oxygen atoms in total. The molecule has 2 aromatic heterocycles. The number of fused-ring (bicyclic) bond motifs is 1. The second-order valence-corrected chi connectivity index (χ2v) is 6.69. The number of hydrogen-bond acceptors (Lipinski definition) is 5. The second kappa shape index (κ2) is 6.74. The van der Waals surface area contributed by atoms with Gasteiger partial charge in [-0.2, -0.15) is 4.52 Å². The number of amides is 1. The van der Waals surface area contributed by atoms with Crippen LogP contribution in [0.2, 0.25) is 0 Å². The molecule has 1 fully saturated rings. The first-order valence-electron chi connectivity index (χ1n) is 8.96. The summed E-state index contributed by atoms with van der Waals surface area (Å²) >= 11 is 0. The number of aryl methyl sites for hydroxylation is 2. The smallest absolute Gasteiger partial charge is 0.245 e. The number of likely N-dealkylation sites (tertiary alicyclic amines) is 1. The highest BCUT2D eigenvalue weighted by Crippen LogP contribution is 2.19. The third-order valence-electron chi connectivity index (χ3n) is 4.76. The van der Waals surface area contributed by atoms with Crippen LogP contribution in [-0.2, 0) is 17.8 Å². The molecule has 1 aliphatic rings. The molecule has 1 unspecified atom stereocenters. The lowest BCUT2D eigenvalue weighted by molar-refractivity contribution is -0.128. The van der Waals surface area contributed by atoms with Crippen LogP contribution in [0.4, 0.5) is 5.82 Å². The van der Waals surface area contributed by atoms with Crippen molar-refractivity contribution >= 4 is 17.4 Å². The van der Waals surface area contributed by atoms with E-state index in [1.807, 2.05) is 24.0 Å². The van der Waals surface area contributed by atoms with Gasteiger partial charge in [0.1, 0.15) is 11.9 Å². The molecule has 0 radical (unpaired) electrons. The number of carbonyl (C=O) groups excluding carboxylic acids is 1. The molecule has 4 rings (SSSR count). The number of rotatable bonds is 5. The lowest BCUT2D eigenvalue weighted by atomic mass is 10.1. The number of benzene rings is 1. The maximum atomic E-state index is 12.7. The van der Waals surface area contributed by atoms with E-state index in [-0.39, 0.29) is 11.9 Å². The van der Waals surface area contributed by atoms with Crippen molar-refractivity contribution in [3.05, 3.63) is 53.3 Å². The Morgan fingerprint density at radius 2 is 1.96 bits per heavy atom. The van der Waals surface area contributed by atoms with E-state index in [0.717, 1.165) is 30.8 Å². The predicted molar refractivity (Wildman–Crippen MR) is 98.8 cm³/mol. The maximum Gasteiger partial charge on any atom is 0.245 e. The molecular formula is C19H22N6O. The van der Waals surface area contributed by atoms with Gasteiger partial charge in [0.05, 0.1) is 0 Å². The summed E-state index contributed by atoms with van der Waals surface area (Å²) in [7, 11) is 0. The van der Waals surface area contributed by atoms with Crippen LogP contribution in [0.15, 0.2) is 36.4 Å². The van der Waals surface area contributed by atoms with E-state index in [4.69, 9.17) is 0 Å². The fourth-order valence-corrected chi connectivity index (χ4v) is 3.25. The second-order valence-electron chi connectivity index (χ2n) is 6.69. The lowest BCUT2D eigenvalue weighted by Gasteiger charge is -2.17. The highest BCUT2D eigenvalue weighted by Gasteiger charge is 2.31. The molecule has 26 heavy (non-hydrogen) atoms. The molecule has 1 saturated heterocycles. The van der Waals surface area contributed by atoms with Gasteiger partial charge in [-0.1, -0.05) is 36.8 Å². The molecule has 7 heteroatoms. The Labute approximate surface area is 152 Å². The largest absolute Gasteiger partial charge is 0.357 e. The van der Waals surface area contributed by atoms with Crippen molar-refractivity contribution < 1.29 is 4.79 Å². The summed E-state index contributed by atoms with van der Waals surface area (Å²) in [4.78, 5) is 14.6. The monoisotopic (exact) mass is 350 g/mol. The van der Waals surface area contributed by atoms with Gasteiger partial charge in [-0.05, 0) is 31.0 Å². The van der Waals surface area contributed by atoms with Crippen LogP contribution >= 0.6 is 0 Å². The van der Waals surface area contributed by atoms with Crippen molar-refractivity contribution in [3.63, 3.8) is 0 Å². The molecule has 3 aromatic rings. The van der Waals surface area contributed by atoms with Gasteiger partial charge in [-0.15, -0.1) is 15.3 Å². The van der Waals surface area contributed by atoms with Gasteiger partial charge < -0.3 is 10.2 Å². The number of anilines is 1. The zero-order chi connectivity index (χ0) is 18.1. The van der Waals surface area contributed by atoms with Crippen molar-refractivity contribution in [1.82, 2.24) is 24.7 Å². The summed E-state index contributed by atoms with van der Waals surface area (Å²) < 4.78 is 1.73. The van der Waals surface area contributed by atoms with E-state index in [1.54, 1.807) is 4.52 Å². The van der Waals surface area contributed by atoms with E-state index >= 15 is 0 Å². The minimum Gasteiger partial charge on any atom is -0.357 e. The van der Waals surface area contributed by atoms with Crippen molar-refractivity contribution in [2.45, 2.75) is 39.3 Å². The molecule has 0 aliphatic carbocycles. The Morgan fingerprint density at radius 1 is 1.15 bits per heavy atom.